The second kappa shape index (κ2) is 8.79. The summed E-state index contributed by atoms with van der Waals surface area (Å²) < 4.78 is 6.24. The van der Waals surface area contributed by atoms with Crippen LogP contribution in [0.5, 0.6) is 0 Å². The summed E-state index contributed by atoms with van der Waals surface area (Å²) in [5.74, 6) is 1.22. The molecule has 0 unspecified atom stereocenters. The Morgan fingerprint density at radius 1 is 1.03 bits per heavy atom. The quantitative estimate of drug-likeness (QED) is 0.250. The fourth-order valence-corrected chi connectivity index (χ4v) is 4.30. The lowest BCUT2D eigenvalue weighted by molar-refractivity contribution is -0.384. The van der Waals surface area contributed by atoms with Gasteiger partial charge in [0.1, 0.15) is 17.6 Å². The first-order chi connectivity index (χ1) is 16.1. The van der Waals surface area contributed by atoms with Crippen molar-refractivity contribution in [3.8, 4) is 11.3 Å². The number of non-ortho nitro benzene ring substituents is 1. The molecular weight excluding hydrogens is 438 g/mol. The van der Waals surface area contributed by atoms with Gasteiger partial charge in [-0.05, 0) is 48.6 Å². The molecule has 1 aromatic carbocycles. The lowest BCUT2D eigenvalue weighted by atomic mass is 10.0. The Bertz CT molecular complexity index is 1300. The number of nitro groups is 1. The fourth-order valence-electron chi connectivity index (χ4n) is 3.99. The number of hydrogen-bond donors (Lipinski definition) is 1. The summed E-state index contributed by atoms with van der Waals surface area (Å²) in [6, 6.07) is 21.1. The minimum absolute atomic E-state index is 0.0114. The molecule has 33 heavy (non-hydrogen) atoms. The van der Waals surface area contributed by atoms with Gasteiger partial charge in [0, 0.05) is 30.1 Å². The zero-order valence-corrected chi connectivity index (χ0v) is 18.2. The van der Waals surface area contributed by atoms with Crippen LogP contribution in [-0.4, -0.2) is 24.9 Å². The molecule has 0 radical (unpaired) electrons. The van der Waals surface area contributed by atoms with E-state index >= 15 is 0 Å². The maximum absolute atomic E-state index is 11.2. The molecule has 0 bridgehead atoms. The van der Waals surface area contributed by atoms with Gasteiger partial charge in [-0.25, -0.2) is 0 Å². The Labute approximate surface area is 195 Å². The third-order valence-electron chi connectivity index (χ3n) is 5.52. The summed E-state index contributed by atoms with van der Waals surface area (Å²) in [5.41, 5.74) is 2.35. The minimum atomic E-state index is -0.418. The Morgan fingerprint density at radius 2 is 1.85 bits per heavy atom. The molecular formula is C24H19N5O3S. The van der Waals surface area contributed by atoms with Crippen molar-refractivity contribution in [2.75, 3.05) is 0 Å². The molecule has 1 fully saturated rings. The molecule has 2 atom stereocenters. The van der Waals surface area contributed by atoms with Crippen molar-refractivity contribution in [3.05, 3.63) is 112 Å². The lowest BCUT2D eigenvalue weighted by Crippen LogP contribution is -2.29. The van der Waals surface area contributed by atoms with E-state index in [0.717, 1.165) is 11.4 Å². The molecule has 1 aliphatic heterocycles. The molecule has 3 aromatic heterocycles. The third kappa shape index (κ3) is 4.18. The molecule has 0 spiro atoms. The SMILES string of the molecule is O=[N+]([O-])c1cccc(-c2ccc([C@@H]3[C@@H](c4ccccn4)NC(=S)N3Cc3ccccn3)o2)c1. The van der Waals surface area contributed by atoms with Crippen molar-refractivity contribution in [3.63, 3.8) is 0 Å². The van der Waals surface area contributed by atoms with Gasteiger partial charge in [0.15, 0.2) is 5.11 Å². The van der Waals surface area contributed by atoms with E-state index < -0.39 is 4.92 Å². The maximum atomic E-state index is 11.2. The highest BCUT2D eigenvalue weighted by Crippen LogP contribution is 2.41. The van der Waals surface area contributed by atoms with Crippen molar-refractivity contribution in [1.82, 2.24) is 20.2 Å². The number of nitrogens with zero attached hydrogens (tertiary/aromatic N) is 4. The van der Waals surface area contributed by atoms with E-state index in [1.165, 1.54) is 12.1 Å². The van der Waals surface area contributed by atoms with E-state index in [-0.39, 0.29) is 17.8 Å². The Balaban J connectivity index is 1.53. The van der Waals surface area contributed by atoms with Crippen LogP contribution in [0.2, 0.25) is 0 Å². The molecule has 0 aliphatic carbocycles. The highest BCUT2D eigenvalue weighted by atomic mass is 32.1. The van der Waals surface area contributed by atoms with Gasteiger partial charge in [0.05, 0.1) is 28.9 Å². The Kier molecular flexibility index (Phi) is 5.54. The Morgan fingerprint density at radius 3 is 2.58 bits per heavy atom. The molecule has 164 valence electrons. The number of nitrogens with one attached hydrogen (secondary N) is 1. The van der Waals surface area contributed by atoms with Crippen molar-refractivity contribution in [2.45, 2.75) is 18.6 Å². The van der Waals surface area contributed by atoms with Gasteiger partial charge in [0.2, 0.25) is 0 Å². The molecule has 1 N–H and O–H groups in total. The summed E-state index contributed by atoms with van der Waals surface area (Å²) in [6.45, 7) is 0.494. The summed E-state index contributed by atoms with van der Waals surface area (Å²) in [6.07, 6.45) is 3.50. The highest BCUT2D eigenvalue weighted by Gasteiger charge is 2.41. The van der Waals surface area contributed by atoms with E-state index in [1.807, 2.05) is 53.4 Å². The van der Waals surface area contributed by atoms with Gasteiger partial charge in [-0.15, -0.1) is 0 Å². The largest absolute Gasteiger partial charge is 0.459 e. The van der Waals surface area contributed by atoms with Gasteiger partial charge in [0.25, 0.3) is 5.69 Å². The second-order valence-corrected chi connectivity index (χ2v) is 7.97. The number of aromatic nitrogens is 2. The normalized spacial score (nSPS) is 17.7. The summed E-state index contributed by atoms with van der Waals surface area (Å²) in [7, 11) is 0. The monoisotopic (exact) mass is 457 g/mol. The maximum Gasteiger partial charge on any atom is 0.270 e. The van der Waals surface area contributed by atoms with Gasteiger partial charge in [-0.1, -0.05) is 24.3 Å². The van der Waals surface area contributed by atoms with Crippen LogP contribution < -0.4 is 5.32 Å². The average Bonchev–Trinajstić information content (AvgIpc) is 3.45. The predicted molar refractivity (Wildman–Crippen MR) is 126 cm³/mol. The van der Waals surface area contributed by atoms with Crippen LogP contribution >= 0.6 is 12.2 Å². The van der Waals surface area contributed by atoms with Crippen LogP contribution in [0.4, 0.5) is 5.69 Å². The van der Waals surface area contributed by atoms with E-state index in [1.54, 1.807) is 24.5 Å². The van der Waals surface area contributed by atoms with Crippen LogP contribution in [0.25, 0.3) is 11.3 Å². The number of furan rings is 1. The molecule has 0 amide bonds. The van der Waals surface area contributed by atoms with Crippen molar-refractivity contribution < 1.29 is 9.34 Å². The molecule has 1 aliphatic rings. The van der Waals surface area contributed by atoms with Gasteiger partial charge in [-0.3, -0.25) is 20.1 Å². The van der Waals surface area contributed by atoms with Crippen molar-refractivity contribution in [1.29, 1.82) is 0 Å². The summed E-state index contributed by atoms with van der Waals surface area (Å²) in [5, 5.41) is 15.1. The molecule has 4 heterocycles. The predicted octanol–water partition coefficient (Wildman–Crippen LogP) is 4.82. The van der Waals surface area contributed by atoms with E-state index in [0.29, 0.717) is 28.7 Å². The van der Waals surface area contributed by atoms with Crippen LogP contribution in [0, 0.1) is 10.1 Å². The molecule has 5 rings (SSSR count). The number of rotatable bonds is 6. The zero-order valence-electron chi connectivity index (χ0n) is 17.4. The van der Waals surface area contributed by atoms with Gasteiger partial charge in [-0.2, -0.15) is 0 Å². The van der Waals surface area contributed by atoms with Crippen molar-refractivity contribution in [2.24, 2.45) is 0 Å². The summed E-state index contributed by atoms with van der Waals surface area (Å²) in [4.78, 5) is 21.8. The zero-order chi connectivity index (χ0) is 22.8. The van der Waals surface area contributed by atoms with Crippen LogP contribution in [0.15, 0.2) is 89.6 Å². The van der Waals surface area contributed by atoms with Crippen LogP contribution in [0.1, 0.15) is 29.2 Å². The first-order valence-electron chi connectivity index (χ1n) is 10.3. The van der Waals surface area contributed by atoms with E-state index in [2.05, 4.69) is 15.3 Å². The molecule has 8 nitrogen and oxygen atoms in total. The minimum Gasteiger partial charge on any atom is -0.459 e. The molecule has 1 saturated heterocycles. The first-order valence-corrected chi connectivity index (χ1v) is 10.7. The average molecular weight is 458 g/mol. The fraction of sp³-hybridized carbons (Fsp3) is 0.125. The van der Waals surface area contributed by atoms with E-state index in [4.69, 9.17) is 16.6 Å². The molecule has 9 heteroatoms. The topological polar surface area (TPSA) is 97.3 Å². The number of thiocarbonyl (C=S) groups is 1. The van der Waals surface area contributed by atoms with Gasteiger partial charge < -0.3 is 14.6 Å². The standard InChI is InChI=1S/C24H19N5O3S/c30-29(31)18-8-5-6-16(14-18)20-10-11-21(32-20)23-22(19-9-2-4-13-26-19)27-24(33)28(23)15-17-7-1-3-12-25-17/h1-14,22-23H,15H2,(H,27,33)/t22-,23-/m1/s1. The van der Waals surface area contributed by atoms with Crippen molar-refractivity contribution >= 4 is 23.0 Å². The van der Waals surface area contributed by atoms with Crippen LogP contribution in [-0.2, 0) is 6.54 Å². The number of hydrogen-bond acceptors (Lipinski definition) is 6. The lowest BCUT2D eigenvalue weighted by Gasteiger charge is -2.25. The number of pyridine rings is 2. The molecule has 4 aromatic rings. The second-order valence-electron chi connectivity index (χ2n) is 7.59. The third-order valence-corrected chi connectivity index (χ3v) is 5.87. The molecule has 0 saturated carbocycles. The highest BCUT2D eigenvalue weighted by molar-refractivity contribution is 7.80. The number of nitro benzene ring substituents is 1. The van der Waals surface area contributed by atoms with E-state index in [9.17, 15) is 10.1 Å². The first kappa shape index (κ1) is 20.8. The Hall–Kier alpha value is -4.11. The summed E-state index contributed by atoms with van der Waals surface area (Å²) >= 11 is 5.68. The van der Waals surface area contributed by atoms with Gasteiger partial charge >= 0.3 is 0 Å². The smallest absolute Gasteiger partial charge is 0.270 e. The van der Waals surface area contributed by atoms with Crippen LogP contribution in [0.3, 0.4) is 0 Å². The number of benzene rings is 1.